The maximum absolute atomic E-state index is 11.9. The van der Waals surface area contributed by atoms with E-state index < -0.39 is 72.4 Å². The highest BCUT2D eigenvalue weighted by molar-refractivity contribution is 5.29. The van der Waals surface area contributed by atoms with Crippen molar-refractivity contribution in [3.63, 3.8) is 0 Å². The molecule has 0 aromatic rings. The first-order valence-electron chi connectivity index (χ1n) is 16.7. The lowest BCUT2D eigenvalue weighted by atomic mass is 9.45. The van der Waals surface area contributed by atoms with Crippen molar-refractivity contribution in [3.05, 3.63) is 11.6 Å². The van der Waals surface area contributed by atoms with Gasteiger partial charge in [0.2, 0.25) is 0 Å². The molecule has 7 N–H and O–H groups in total. The van der Waals surface area contributed by atoms with Crippen LogP contribution in [-0.4, -0.2) is 115 Å². The molecule has 0 radical (unpaired) electrons. The van der Waals surface area contributed by atoms with E-state index in [4.69, 9.17) is 18.9 Å². The van der Waals surface area contributed by atoms with E-state index in [9.17, 15) is 35.7 Å². The number of ether oxygens (including phenoxy) is 4. The second kappa shape index (κ2) is 10.7. The number of aliphatic hydroxyl groups excluding tert-OH is 7. The van der Waals surface area contributed by atoms with Crippen molar-refractivity contribution in [1.82, 2.24) is 0 Å². The van der Waals surface area contributed by atoms with Crippen molar-refractivity contribution in [2.24, 2.45) is 40.4 Å². The minimum absolute atomic E-state index is 0.0176. The van der Waals surface area contributed by atoms with Crippen LogP contribution in [0.15, 0.2) is 11.6 Å². The summed E-state index contributed by atoms with van der Waals surface area (Å²) in [5, 5.41) is 73.7. The van der Waals surface area contributed by atoms with Gasteiger partial charge in [-0.25, -0.2) is 0 Å². The number of fused-ring (bicyclic) bond motifs is 7. The largest absolute Gasteiger partial charge is 0.394 e. The van der Waals surface area contributed by atoms with Crippen LogP contribution in [0.5, 0.6) is 0 Å². The first kappa shape index (κ1) is 31.9. The van der Waals surface area contributed by atoms with Crippen LogP contribution in [0.25, 0.3) is 0 Å². The summed E-state index contributed by atoms with van der Waals surface area (Å²) in [4.78, 5) is 0. The van der Waals surface area contributed by atoms with Gasteiger partial charge in [0.1, 0.15) is 24.4 Å². The van der Waals surface area contributed by atoms with Gasteiger partial charge in [0.25, 0.3) is 0 Å². The normalized spacial score (nSPS) is 60.0. The number of allylic oxidation sites excluding steroid dienone is 1. The zero-order chi connectivity index (χ0) is 31.6. The van der Waals surface area contributed by atoms with Crippen molar-refractivity contribution in [2.75, 3.05) is 13.2 Å². The van der Waals surface area contributed by atoms with Crippen molar-refractivity contribution in [3.8, 4) is 0 Å². The minimum atomic E-state index is -1.51. The molecule has 0 aromatic heterocycles. The van der Waals surface area contributed by atoms with Crippen LogP contribution in [0.1, 0.15) is 72.6 Å². The van der Waals surface area contributed by atoms with Crippen LogP contribution in [-0.2, 0) is 18.9 Å². The SMILES string of the molecule is C[C@H]1[C@H]2[C@H](CC3C4CC=C5C[C@@H](O)C[C@@H](O)[C@]5(C)C4[C@H](O)C[C@@]32C)OC12CC[C@@](C)(CO[C@@H]1O[C@H](CO)[C@@H](O)[C@H](O)[C@H]1O)O2. The van der Waals surface area contributed by atoms with Crippen LogP contribution < -0.4 is 0 Å². The van der Waals surface area contributed by atoms with Gasteiger partial charge in [0.15, 0.2) is 12.1 Å². The standard InChI is InChI=1S/C33H52O11/c1-15-24-21(43-33(15)8-7-30(2,44-33)14-41-29-28(40)27(39)26(38)22(13-34)42-29)11-19-18-6-5-16-9-17(35)10-23(37)32(16,4)25(18)20(36)12-31(19,24)3/h5,15,17-29,34-40H,6-14H2,1-4H3/t15-,17+,18?,19?,20+,21-,22+,23+,24-,25?,26+,27-,28+,29+,30-,31-,32+,33?/m0/s1. The molecule has 3 heterocycles. The predicted molar refractivity (Wildman–Crippen MR) is 155 cm³/mol. The average Bonchev–Trinajstić information content (AvgIpc) is 3.55. The monoisotopic (exact) mass is 624 g/mol. The highest BCUT2D eigenvalue weighted by Crippen LogP contribution is 2.71. The Labute approximate surface area is 259 Å². The van der Waals surface area contributed by atoms with Crippen LogP contribution in [0.3, 0.4) is 0 Å². The number of hydrogen-bond donors (Lipinski definition) is 7. The fraction of sp³-hybridized carbons (Fsp3) is 0.939. The summed E-state index contributed by atoms with van der Waals surface area (Å²) in [5.41, 5.74) is -0.348. The van der Waals surface area contributed by atoms with E-state index in [1.165, 1.54) is 0 Å². The van der Waals surface area contributed by atoms with Crippen molar-refractivity contribution >= 4 is 0 Å². The van der Waals surface area contributed by atoms with Gasteiger partial charge in [0.05, 0.1) is 43.2 Å². The Bertz CT molecular complexity index is 1150. The second-order valence-corrected chi connectivity index (χ2v) is 16.0. The van der Waals surface area contributed by atoms with E-state index >= 15 is 0 Å². The van der Waals surface area contributed by atoms with Crippen LogP contribution >= 0.6 is 0 Å². The molecule has 44 heavy (non-hydrogen) atoms. The molecular formula is C33H52O11. The quantitative estimate of drug-likeness (QED) is 0.218. The maximum Gasteiger partial charge on any atom is 0.186 e. The number of rotatable bonds is 4. The van der Waals surface area contributed by atoms with Gasteiger partial charge in [-0.15, -0.1) is 0 Å². The van der Waals surface area contributed by atoms with E-state index in [0.29, 0.717) is 38.0 Å². The summed E-state index contributed by atoms with van der Waals surface area (Å²) in [6, 6.07) is 0. The molecule has 3 saturated carbocycles. The first-order chi connectivity index (χ1) is 20.7. The summed E-state index contributed by atoms with van der Waals surface area (Å²) < 4.78 is 25.1. The molecule has 3 saturated heterocycles. The molecule has 6 fully saturated rings. The van der Waals surface area contributed by atoms with Gasteiger partial charge in [-0.05, 0) is 68.1 Å². The van der Waals surface area contributed by atoms with Gasteiger partial charge in [-0.3, -0.25) is 0 Å². The maximum atomic E-state index is 11.9. The Kier molecular flexibility index (Phi) is 7.72. The summed E-state index contributed by atoms with van der Waals surface area (Å²) in [5.74, 6) is -0.0612. The number of hydrogen-bond acceptors (Lipinski definition) is 11. The third kappa shape index (κ3) is 4.41. The van der Waals surface area contributed by atoms with Gasteiger partial charge < -0.3 is 54.7 Å². The summed E-state index contributed by atoms with van der Waals surface area (Å²) in [6.45, 7) is 8.10. The van der Waals surface area contributed by atoms with Gasteiger partial charge >= 0.3 is 0 Å². The first-order valence-corrected chi connectivity index (χ1v) is 16.7. The smallest absolute Gasteiger partial charge is 0.186 e. The molecule has 7 rings (SSSR count). The van der Waals surface area contributed by atoms with Gasteiger partial charge in [-0.1, -0.05) is 32.4 Å². The molecule has 3 aliphatic heterocycles. The molecule has 0 bridgehead atoms. The van der Waals surface area contributed by atoms with E-state index in [0.717, 1.165) is 18.4 Å². The molecule has 1 spiro atoms. The van der Waals surface area contributed by atoms with Crippen LogP contribution in [0.2, 0.25) is 0 Å². The van der Waals surface area contributed by atoms with E-state index in [1.807, 2.05) is 6.92 Å². The second-order valence-electron chi connectivity index (χ2n) is 16.0. The average molecular weight is 625 g/mol. The molecule has 7 aliphatic rings. The lowest BCUT2D eigenvalue weighted by Gasteiger charge is -2.61. The van der Waals surface area contributed by atoms with E-state index in [-0.39, 0.29) is 41.8 Å². The highest BCUT2D eigenvalue weighted by Gasteiger charge is 2.72. The Balaban J connectivity index is 1.07. The fourth-order valence-electron chi connectivity index (χ4n) is 11.4. The molecule has 250 valence electrons. The molecule has 11 heteroatoms. The summed E-state index contributed by atoms with van der Waals surface area (Å²) >= 11 is 0. The lowest BCUT2D eigenvalue weighted by molar-refractivity contribution is -0.318. The molecule has 11 nitrogen and oxygen atoms in total. The zero-order valence-corrected chi connectivity index (χ0v) is 26.3. The van der Waals surface area contributed by atoms with Gasteiger partial charge in [0, 0.05) is 24.2 Å². The van der Waals surface area contributed by atoms with Crippen LogP contribution in [0.4, 0.5) is 0 Å². The Morgan fingerprint density at radius 2 is 1.70 bits per heavy atom. The van der Waals surface area contributed by atoms with Crippen molar-refractivity contribution in [2.45, 2.75) is 139 Å². The predicted octanol–water partition coefficient (Wildman–Crippen LogP) is 0.595. The topological polar surface area (TPSA) is 179 Å². The molecule has 0 aromatic carbocycles. The molecule has 18 atom stereocenters. The zero-order valence-electron chi connectivity index (χ0n) is 26.3. The lowest BCUT2D eigenvalue weighted by Crippen LogP contribution is -2.60. The van der Waals surface area contributed by atoms with Gasteiger partial charge in [-0.2, -0.15) is 0 Å². The molecular weight excluding hydrogens is 572 g/mol. The molecule has 4 aliphatic carbocycles. The highest BCUT2D eigenvalue weighted by atomic mass is 16.7. The van der Waals surface area contributed by atoms with E-state index in [2.05, 4.69) is 26.8 Å². The summed E-state index contributed by atoms with van der Waals surface area (Å²) in [7, 11) is 0. The van der Waals surface area contributed by atoms with E-state index in [1.54, 1.807) is 0 Å². The summed E-state index contributed by atoms with van der Waals surface area (Å²) in [6.07, 6.45) is -1.67. The molecule has 0 amide bonds. The van der Waals surface area contributed by atoms with Crippen molar-refractivity contribution in [1.29, 1.82) is 0 Å². The fourth-order valence-corrected chi connectivity index (χ4v) is 11.4. The third-order valence-electron chi connectivity index (χ3n) is 13.6. The Morgan fingerprint density at radius 3 is 2.43 bits per heavy atom. The third-order valence-corrected chi connectivity index (χ3v) is 13.6. The molecule has 4 unspecified atom stereocenters. The Hall–Kier alpha value is -0.700. The Morgan fingerprint density at radius 1 is 0.955 bits per heavy atom. The van der Waals surface area contributed by atoms with Crippen molar-refractivity contribution < 1.29 is 54.7 Å². The number of aliphatic hydroxyl groups is 7. The van der Waals surface area contributed by atoms with Crippen LogP contribution in [0, 0.1) is 40.4 Å². The minimum Gasteiger partial charge on any atom is -0.394 e.